The number of methoxy groups -OCH3 is 1. The number of rotatable bonds is 4. The Hall–Kier alpha value is -3.68. The quantitative estimate of drug-likeness (QED) is 0.683. The second-order valence-corrected chi connectivity index (χ2v) is 5.49. The molecule has 1 amide bonds. The lowest BCUT2D eigenvalue weighted by Gasteiger charge is -2.09. The first kappa shape index (κ1) is 17.2. The molecular weight excluding hydrogens is 338 g/mol. The van der Waals surface area contributed by atoms with Gasteiger partial charge in [-0.3, -0.25) is 19.5 Å². The molecule has 26 heavy (non-hydrogen) atoms. The summed E-state index contributed by atoms with van der Waals surface area (Å²) in [6, 6.07) is 12.5. The zero-order valence-electron chi connectivity index (χ0n) is 13.8. The first-order valence-electron chi connectivity index (χ1n) is 7.69. The van der Waals surface area contributed by atoms with E-state index in [9.17, 15) is 19.2 Å². The molecule has 8 nitrogen and oxygen atoms in total. The van der Waals surface area contributed by atoms with E-state index in [2.05, 4.69) is 15.2 Å². The number of aromatic amines is 1. The molecule has 0 unspecified atom stereocenters. The summed E-state index contributed by atoms with van der Waals surface area (Å²) in [6.45, 7) is -0.350. The van der Waals surface area contributed by atoms with Crippen molar-refractivity contribution in [2.45, 2.75) is 6.54 Å². The van der Waals surface area contributed by atoms with Gasteiger partial charge in [0.25, 0.3) is 11.1 Å². The van der Waals surface area contributed by atoms with Crippen LogP contribution in [0, 0.1) is 0 Å². The number of anilines is 1. The Bertz CT molecular complexity index is 1100. The summed E-state index contributed by atoms with van der Waals surface area (Å²) in [6.07, 6.45) is 0. The van der Waals surface area contributed by atoms with E-state index in [0.717, 1.165) is 4.68 Å². The molecule has 8 heteroatoms. The third-order valence-electron chi connectivity index (χ3n) is 3.78. The molecule has 0 saturated heterocycles. The van der Waals surface area contributed by atoms with E-state index in [-0.39, 0.29) is 17.3 Å². The van der Waals surface area contributed by atoms with Crippen LogP contribution in [0.1, 0.15) is 10.4 Å². The maximum absolute atomic E-state index is 12.4. The molecule has 0 aliphatic carbocycles. The molecule has 0 aliphatic heterocycles. The summed E-state index contributed by atoms with van der Waals surface area (Å²) in [5.41, 5.74) is -0.119. The highest BCUT2D eigenvalue weighted by Crippen LogP contribution is 2.10. The van der Waals surface area contributed by atoms with Crippen LogP contribution in [0.3, 0.4) is 0 Å². The molecule has 132 valence electrons. The Balaban J connectivity index is 1.79. The van der Waals surface area contributed by atoms with Crippen LogP contribution in [0.2, 0.25) is 0 Å². The fraction of sp³-hybridized carbons (Fsp3) is 0.111. The number of hydrogen-bond donors (Lipinski definition) is 2. The Labute approximate surface area is 147 Å². The fourth-order valence-electron chi connectivity index (χ4n) is 2.51. The molecular formula is C18H15N3O5. The highest BCUT2D eigenvalue weighted by Gasteiger charge is 2.11. The van der Waals surface area contributed by atoms with Crippen molar-refractivity contribution in [1.29, 1.82) is 0 Å². The zero-order chi connectivity index (χ0) is 18.7. The van der Waals surface area contributed by atoms with Gasteiger partial charge >= 0.3 is 5.97 Å². The molecule has 0 atom stereocenters. The molecule has 2 aromatic carbocycles. The van der Waals surface area contributed by atoms with Crippen LogP contribution >= 0.6 is 0 Å². The third-order valence-corrected chi connectivity index (χ3v) is 3.78. The van der Waals surface area contributed by atoms with Gasteiger partial charge in [-0.2, -0.15) is 0 Å². The maximum Gasteiger partial charge on any atom is 0.337 e. The lowest BCUT2D eigenvalue weighted by Crippen LogP contribution is -2.34. The number of carbonyl (C=O) groups excluding carboxylic acids is 2. The van der Waals surface area contributed by atoms with Crippen molar-refractivity contribution in [2.75, 3.05) is 12.4 Å². The average Bonchev–Trinajstić information content (AvgIpc) is 2.66. The SMILES string of the molecule is COC(=O)c1ccc(NC(=O)Cn2[nH]c(=O)c3ccccc3c2=O)cc1. The van der Waals surface area contributed by atoms with Gasteiger partial charge in [0.15, 0.2) is 0 Å². The summed E-state index contributed by atoms with van der Waals surface area (Å²) < 4.78 is 5.56. The number of ether oxygens (including phenoxy) is 1. The second kappa shape index (κ2) is 7.06. The summed E-state index contributed by atoms with van der Waals surface area (Å²) in [4.78, 5) is 48.0. The van der Waals surface area contributed by atoms with Crippen molar-refractivity contribution in [2.24, 2.45) is 0 Å². The molecule has 1 heterocycles. The van der Waals surface area contributed by atoms with E-state index in [0.29, 0.717) is 11.3 Å². The number of amides is 1. The number of nitrogens with zero attached hydrogens (tertiary/aromatic N) is 1. The van der Waals surface area contributed by atoms with Gasteiger partial charge in [0, 0.05) is 5.69 Å². The monoisotopic (exact) mass is 353 g/mol. The topological polar surface area (TPSA) is 110 Å². The number of H-pyrrole nitrogens is 1. The van der Waals surface area contributed by atoms with Gasteiger partial charge in [-0.15, -0.1) is 0 Å². The van der Waals surface area contributed by atoms with Gasteiger partial charge in [0.05, 0.1) is 23.4 Å². The van der Waals surface area contributed by atoms with Gasteiger partial charge in [0.2, 0.25) is 5.91 Å². The minimum Gasteiger partial charge on any atom is -0.465 e. The van der Waals surface area contributed by atoms with E-state index in [4.69, 9.17) is 0 Å². The predicted octanol–water partition coefficient (Wildman–Crippen LogP) is 1.12. The molecule has 0 bridgehead atoms. The number of esters is 1. The van der Waals surface area contributed by atoms with Crippen molar-refractivity contribution in [3.63, 3.8) is 0 Å². The molecule has 2 N–H and O–H groups in total. The highest BCUT2D eigenvalue weighted by molar-refractivity contribution is 5.93. The average molecular weight is 353 g/mol. The van der Waals surface area contributed by atoms with Gasteiger partial charge in [-0.05, 0) is 36.4 Å². The highest BCUT2D eigenvalue weighted by atomic mass is 16.5. The van der Waals surface area contributed by atoms with Crippen LogP contribution in [0.25, 0.3) is 10.8 Å². The van der Waals surface area contributed by atoms with Gasteiger partial charge in [0.1, 0.15) is 6.54 Å². The normalized spacial score (nSPS) is 10.5. The number of benzene rings is 2. The summed E-state index contributed by atoms with van der Waals surface area (Å²) in [5.74, 6) is -0.980. The molecule has 3 aromatic rings. The molecule has 3 rings (SSSR count). The van der Waals surface area contributed by atoms with E-state index in [1.807, 2.05) is 0 Å². The van der Waals surface area contributed by atoms with Crippen molar-refractivity contribution < 1.29 is 14.3 Å². The smallest absolute Gasteiger partial charge is 0.337 e. The first-order valence-corrected chi connectivity index (χ1v) is 7.69. The van der Waals surface area contributed by atoms with Crippen LogP contribution in [-0.2, 0) is 16.1 Å². The summed E-state index contributed by atoms with van der Waals surface area (Å²) >= 11 is 0. The minimum atomic E-state index is -0.496. The summed E-state index contributed by atoms with van der Waals surface area (Å²) in [7, 11) is 1.28. The van der Waals surface area contributed by atoms with E-state index >= 15 is 0 Å². The van der Waals surface area contributed by atoms with E-state index < -0.39 is 23.0 Å². The van der Waals surface area contributed by atoms with E-state index in [1.165, 1.54) is 37.4 Å². The molecule has 0 aliphatic rings. The lowest BCUT2D eigenvalue weighted by molar-refractivity contribution is -0.117. The molecule has 0 radical (unpaired) electrons. The zero-order valence-corrected chi connectivity index (χ0v) is 13.8. The van der Waals surface area contributed by atoms with Crippen molar-refractivity contribution in [3.05, 3.63) is 74.8 Å². The first-order chi connectivity index (χ1) is 12.5. The fourth-order valence-corrected chi connectivity index (χ4v) is 2.51. The molecule has 1 aromatic heterocycles. The van der Waals surface area contributed by atoms with Gasteiger partial charge < -0.3 is 10.1 Å². The van der Waals surface area contributed by atoms with Crippen LogP contribution in [-0.4, -0.2) is 28.8 Å². The molecule has 0 spiro atoms. The Morgan fingerprint density at radius 1 is 1.04 bits per heavy atom. The van der Waals surface area contributed by atoms with Gasteiger partial charge in [-0.1, -0.05) is 12.1 Å². The van der Waals surface area contributed by atoms with Crippen molar-refractivity contribution in [3.8, 4) is 0 Å². The summed E-state index contributed by atoms with van der Waals surface area (Å²) in [5, 5.41) is 5.50. The van der Waals surface area contributed by atoms with Crippen LogP contribution in [0.5, 0.6) is 0 Å². The Morgan fingerprint density at radius 3 is 2.35 bits per heavy atom. The van der Waals surface area contributed by atoms with Crippen LogP contribution < -0.4 is 16.4 Å². The van der Waals surface area contributed by atoms with Gasteiger partial charge in [-0.25, -0.2) is 9.48 Å². The van der Waals surface area contributed by atoms with Crippen molar-refractivity contribution >= 4 is 28.3 Å². The van der Waals surface area contributed by atoms with Crippen molar-refractivity contribution in [1.82, 2.24) is 9.78 Å². The number of carbonyl (C=O) groups is 2. The molecule has 0 saturated carbocycles. The number of hydrogen-bond acceptors (Lipinski definition) is 5. The lowest BCUT2D eigenvalue weighted by atomic mass is 10.2. The minimum absolute atomic E-state index is 0.242. The number of nitrogens with one attached hydrogen (secondary N) is 2. The Kier molecular flexibility index (Phi) is 4.66. The standard InChI is InChI=1S/C18H15N3O5/c1-26-18(25)11-6-8-12(9-7-11)19-15(22)10-21-17(24)14-5-3-2-4-13(14)16(23)20-21/h2-9H,10H2,1H3,(H,19,22)(H,20,23). The number of aromatic nitrogens is 2. The third kappa shape index (κ3) is 3.39. The van der Waals surface area contributed by atoms with Crippen LogP contribution in [0.15, 0.2) is 58.1 Å². The van der Waals surface area contributed by atoms with E-state index in [1.54, 1.807) is 18.2 Å². The maximum atomic E-state index is 12.4. The molecule has 0 fully saturated rings. The Morgan fingerprint density at radius 2 is 1.69 bits per heavy atom. The van der Waals surface area contributed by atoms with Crippen LogP contribution in [0.4, 0.5) is 5.69 Å². The second-order valence-electron chi connectivity index (χ2n) is 5.49. The predicted molar refractivity (Wildman–Crippen MR) is 95.2 cm³/mol. The largest absolute Gasteiger partial charge is 0.465 e. The number of fused-ring (bicyclic) bond motifs is 1.